The molecule has 0 spiro atoms. The summed E-state index contributed by atoms with van der Waals surface area (Å²) in [6.07, 6.45) is 1.99. The van der Waals surface area contributed by atoms with Crippen LogP contribution in [0.5, 0.6) is 0 Å². The molecule has 1 N–H and O–H groups in total. The molecule has 94 valence electrons. The van der Waals surface area contributed by atoms with E-state index in [0.717, 1.165) is 5.56 Å². The summed E-state index contributed by atoms with van der Waals surface area (Å²) in [6.45, 7) is 1.61. The Labute approximate surface area is 104 Å². The third-order valence-corrected chi connectivity index (χ3v) is 2.91. The van der Waals surface area contributed by atoms with Crippen molar-refractivity contribution < 1.29 is 14.8 Å². The van der Waals surface area contributed by atoms with E-state index in [4.69, 9.17) is 0 Å². The molecular weight excluding hydrogens is 234 g/mol. The number of aliphatic hydroxyl groups is 1. The lowest BCUT2D eigenvalue weighted by atomic mass is 9.83. The van der Waals surface area contributed by atoms with E-state index < -0.39 is 10.5 Å². The SMILES string of the molecule is C[C@]1(O)CC(=O)C=C(c2ccc([N+](=O)[O-])cc2)C1. The lowest BCUT2D eigenvalue weighted by Crippen LogP contribution is -2.30. The molecule has 0 saturated heterocycles. The highest BCUT2D eigenvalue weighted by Crippen LogP contribution is 2.32. The molecule has 5 heteroatoms. The van der Waals surface area contributed by atoms with Crippen molar-refractivity contribution in [1.82, 2.24) is 0 Å². The largest absolute Gasteiger partial charge is 0.389 e. The van der Waals surface area contributed by atoms with E-state index in [9.17, 15) is 20.0 Å². The summed E-state index contributed by atoms with van der Waals surface area (Å²) in [6, 6.07) is 5.98. The molecule has 2 rings (SSSR count). The second kappa shape index (κ2) is 4.34. The Morgan fingerprint density at radius 1 is 1.28 bits per heavy atom. The highest BCUT2D eigenvalue weighted by molar-refractivity contribution is 5.99. The van der Waals surface area contributed by atoms with Gasteiger partial charge in [0, 0.05) is 25.0 Å². The number of rotatable bonds is 2. The Kier molecular flexibility index (Phi) is 3.00. The third kappa shape index (κ3) is 2.62. The standard InChI is InChI=1S/C13H13NO4/c1-13(16)7-10(6-12(15)8-13)9-2-4-11(5-3-9)14(17)18/h2-6,16H,7-8H2,1H3/t13-/m1/s1. The maximum atomic E-state index is 11.5. The van der Waals surface area contributed by atoms with Crippen LogP contribution < -0.4 is 0 Å². The van der Waals surface area contributed by atoms with Crippen molar-refractivity contribution in [1.29, 1.82) is 0 Å². The van der Waals surface area contributed by atoms with Gasteiger partial charge >= 0.3 is 0 Å². The van der Waals surface area contributed by atoms with Gasteiger partial charge in [-0.25, -0.2) is 0 Å². The molecular formula is C13H13NO4. The molecule has 0 amide bonds. The van der Waals surface area contributed by atoms with Gasteiger partial charge in [-0.1, -0.05) is 0 Å². The van der Waals surface area contributed by atoms with Crippen molar-refractivity contribution in [2.45, 2.75) is 25.4 Å². The molecule has 0 unspecified atom stereocenters. The van der Waals surface area contributed by atoms with Crippen molar-refractivity contribution in [2.75, 3.05) is 0 Å². The van der Waals surface area contributed by atoms with Crippen LogP contribution >= 0.6 is 0 Å². The summed E-state index contributed by atoms with van der Waals surface area (Å²) in [7, 11) is 0. The molecule has 1 aromatic rings. The molecule has 1 atom stereocenters. The zero-order chi connectivity index (χ0) is 13.3. The van der Waals surface area contributed by atoms with Gasteiger partial charge in [0.15, 0.2) is 5.78 Å². The van der Waals surface area contributed by atoms with E-state index in [1.807, 2.05) is 0 Å². The zero-order valence-electron chi connectivity index (χ0n) is 9.92. The zero-order valence-corrected chi connectivity index (χ0v) is 9.92. The lowest BCUT2D eigenvalue weighted by Gasteiger charge is -2.27. The molecule has 18 heavy (non-hydrogen) atoms. The van der Waals surface area contributed by atoms with E-state index in [2.05, 4.69) is 0 Å². The van der Waals surface area contributed by atoms with Gasteiger partial charge in [-0.2, -0.15) is 0 Å². The average Bonchev–Trinajstić information content (AvgIpc) is 2.26. The Balaban J connectivity index is 2.31. The normalized spacial score (nSPS) is 23.7. The van der Waals surface area contributed by atoms with E-state index in [-0.39, 0.29) is 17.9 Å². The molecule has 1 aliphatic rings. The molecule has 0 aliphatic heterocycles. The van der Waals surface area contributed by atoms with Crippen molar-refractivity contribution >= 4 is 17.0 Å². The summed E-state index contributed by atoms with van der Waals surface area (Å²) < 4.78 is 0. The van der Waals surface area contributed by atoms with Gasteiger partial charge in [0.05, 0.1) is 10.5 Å². The van der Waals surface area contributed by atoms with E-state index in [1.165, 1.54) is 18.2 Å². The number of non-ortho nitro benzene ring substituents is 1. The monoisotopic (exact) mass is 247 g/mol. The Morgan fingerprint density at radius 3 is 2.39 bits per heavy atom. The maximum absolute atomic E-state index is 11.5. The van der Waals surface area contributed by atoms with Gasteiger partial charge in [0.1, 0.15) is 0 Å². The van der Waals surface area contributed by atoms with Gasteiger partial charge < -0.3 is 5.11 Å². The fraction of sp³-hybridized carbons (Fsp3) is 0.308. The van der Waals surface area contributed by atoms with Crippen LogP contribution in [-0.2, 0) is 4.79 Å². The van der Waals surface area contributed by atoms with Crippen molar-refractivity contribution in [3.63, 3.8) is 0 Å². The van der Waals surface area contributed by atoms with Crippen LogP contribution in [0.2, 0.25) is 0 Å². The molecule has 1 aromatic carbocycles. The van der Waals surface area contributed by atoms with Crippen LogP contribution in [0.3, 0.4) is 0 Å². The van der Waals surface area contributed by atoms with E-state index >= 15 is 0 Å². The predicted octanol–water partition coefficient (Wildman–Crippen LogP) is 2.09. The number of hydrogen-bond donors (Lipinski definition) is 1. The number of carbonyl (C=O) groups is 1. The second-order valence-electron chi connectivity index (χ2n) is 4.79. The van der Waals surface area contributed by atoms with Gasteiger partial charge in [-0.05, 0) is 36.3 Å². The molecule has 0 radical (unpaired) electrons. The molecule has 1 aliphatic carbocycles. The Hall–Kier alpha value is -2.01. The fourth-order valence-corrected chi connectivity index (χ4v) is 2.13. The van der Waals surface area contributed by atoms with Gasteiger partial charge in [0.25, 0.3) is 5.69 Å². The molecule has 5 nitrogen and oxygen atoms in total. The molecule has 0 heterocycles. The topological polar surface area (TPSA) is 80.4 Å². The van der Waals surface area contributed by atoms with Crippen molar-refractivity contribution in [3.8, 4) is 0 Å². The maximum Gasteiger partial charge on any atom is 0.269 e. The number of nitro groups is 1. The van der Waals surface area contributed by atoms with Gasteiger partial charge in [0.2, 0.25) is 0 Å². The number of ketones is 1. The summed E-state index contributed by atoms with van der Waals surface area (Å²) >= 11 is 0. The lowest BCUT2D eigenvalue weighted by molar-refractivity contribution is -0.384. The summed E-state index contributed by atoms with van der Waals surface area (Å²) in [5, 5.41) is 20.5. The quantitative estimate of drug-likeness (QED) is 0.641. The van der Waals surface area contributed by atoms with Crippen LogP contribution in [0.15, 0.2) is 30.3 Å². The molecule has 0 aromatic heterocycles. The third-order valence-electron chi connectivity index (χ3n) is 2.91. The first-order valence-corrected chi connectivity index (χ1v) is 5.58. The van der Waals surface area contributed by atoms with Gasteiger partial charge in [-0.3, -0.25) is 14.9 Å². The Morgan fingerprint density at radius 2 is 1.89 bits per heavy atom. The minimum Gasteiger partial charge on any atom is -0.389 e. The van der Waals surface area contributed by atoms with Crippen LogP contribution in [0, 0.1) is 10.1 Å². The fourth-order valence-electron chi connectivity index (χ4n) is 2.13. The minimum atomic E-state index is -1.04. The molecule has 0 fully saturated rings. The summed E-state index contributed by atoms with van der Waals surface area (Å²) in [4.78, 5) is 21.6. The van der Waals surface area contributed by atoms with Gasteiger partial charge in [-0.15, -0.1) is 0 Å². The smallest absolute Gasteiger partial charge is 0.269 e. The number of nitro benzene ring substituents is 1. The van der Waals surface area contributed by atoms with E-state index in [1.54, 1.807) is 19.1 Å². The Bertz CT molecular complexity index is 528. The van der Waals surface area contributed by atoms with Crippen LogP contribution in [-0.4, -0.2) is 21.4 Å². The highest BCUT2D eigenvalue weighted by atomic mass is 16.6. The number of hydrogen-bond acceptors (Lipinski definition) is 4. The second-order valence-corrected chi connectivity index (χ2v) is 4.79. The van der Waals surface area contributed by atoms with Crippen molar-refractivity contribution in [3.05, 3.63) is 46.0 Å². The predicted molar refractivity (Wildman–Crippen MR) is 65.9 cm³/mol. The molecule has 0 saturated carbocycles. The number of benzene rings is 1. The number of allylic oxidation sites excluding steroid dienone is 1. The summed E-state index contributed by atoms with van der Waals surface area (Å²) in [5.74, 6) is -0.125. The average molecular weight is 247 g/mol. The summed E-state index contributed by atoms with van der Waals surface area (Å²) in [5.41, 5.74) is 0.413. The number of carbonyl (C=O) groups excluding carboxylic acids is 1. The molecule has 0 bridgehead atoms. The van der Waals surface area contributed by atoms with Crippen LogP contribution in [0.1, 0.15) is 25.3 Å². The van der Waals surface area contributed by atoms with Crippen LogP contribution in [0.25, 0.3) is 5.57 Å². The first-order valence-electron chi connectivity index (χ1n) is 5.58. The van der Waals surface area contributed by atoms with E-state index in [0.29, 0.717) is 12.0 Å². The first-order chi connectivity index (χ1) is 8.37. The van der Waals surface area contributed by atoms with Crippen LogP contribution in [0.4, 0.5) is 5.69 Å². The number of nitrogens with zero attached hydrogens (tertiary/aromatic N) is 1. The van der Waals surface area contributed by atoms with Crippen molar-refractivity contribution in [2.24, 2.45) is 0 Å². The minimum absolute atomic E-state index is 0.00764. The highest BCUT2D eigenvalue weighted by Gasteiger charge is 2.30. The first kappa shape index (κ1) is 12.4.